The van der Waals surface area contributed by atoms with Crippen LogP contribution in [0.3, 0.4) is 0 Å². The fourth-order valence-corrected chi connectivity index (χ4v) is 2.72. The molecule has 0 spiro atoms. The Kier molecular flexibility index (Phi) is 2.61. The van der Waals surface area contributed by atoms with Gasteiger partial charge in [-0.25, -0.2) is 9.59 Å². The highest BCUT2D eigenvalue weighted by Crippen LogP contribution is 2.47. The topological polar surface area (TPSA) is 66.8 Å². The summed E-state index contributed by atoms with van der Waals surface area (Å²) in [6.45, 7) is 3.57. The average Bonchev–Trinajstić information content (AvgIpc) is 2.26. The third-order valence-corrected chi connectivity index (χ3v) is 3.45. The van der Waals surface area contributed by atoms with E-state index in [0.29, 0.717) is 12.8 Å². The molecule has 0 aromatic carbocycles. The van der Waals surface area contributed by atoms with Gasteiger partial charge in [-0.15, -0.1) is 0 Å². The van der Waals surface area contributed by atoms with Crippen LogP contribution in [-0.2, 0) is 9.53 Å². The van der Waals surface area contributed by atoms with Gasteiger partial charge in [-0.1, -0.05) is 12.7 Å². The zero-order valence-corrected chi connectivity index (χ0v) is 9.02. The minimum absolute atomic E-state index is 0.0437. The number of hydrogen-bond donors (Lipinski definition) is 1. The molecule has 3 fully saturated rings. The number of nitrogens with zero attached hydrogens (tertiary/aromatic N) is 1. The zero-order valence-electron chi connectivity index (χ0n) is 9.02. The Bertz CT molecular complexity index is 337. The predicted octanol–water partition coefficient (Wildman–Crippen LogP) is 1.39. The molecule has 2 bridgehead atoms. The lowest BCUT2D eigenvalue weighted by Gasteiger charge is -2.58. The molecule has 2 heterocycles. The molecule has 5 heteroatoms. The second-order valence-electron chi connectivity index (χ2n) is 4.32. The number of aliphatic carboxylic acids is 1. The van der Waals surface area contributed by atoms with Crippen LogP contribution in [0.2, 0.25) is 0 Å². The summed E-state index contributed by atoms with van der Waals surface area (Å²) in [6.07, 6.45) is 3.77. The lowest BCUT2D eigenvalue weighted by molar-refractivity contribution is -0.173. The van der Waals surface area contributed by atoms with E-state index in [9.17, 15) is 14.7 Å². The molecule has 2 atom stereocenters. The average molecular weight is 225 g/mol. The maximum Gasteiger partial charge on any atom is 0.411 e. The molecule has 1 N–H and O–H groups in total. The number of piperidine rings is 1. The van der Waals surface area contributed by atoms with Crippen molar-refractivity contribution in [1.82, 2.24) is 4.90 Å². The van der Waals surface area contributed by atoms with Crippen molar-refractivity contribution in [1.29, 1.82) is 0 Å². The number of carbonyl (C=O) groups is 2. The first-order chi connectivity index (χ1) is 7.62. The van der Waals surface area contributed by atoms with E-state index >= 15 is 0 Å². The van der Waals surface area contributed by atoms with E-state index in [1.54, 1.807) is 0 Å². The second kappa shape index (κ2) is 3.81. The molecule has 0 radical (unpaired) electrons. The molecule has 3 rings (SSSR count). The summed E-state index contributed by atoms with van der Waals surface area (Å²) >= 11 is 0. The monoisotopic (exact) mass is 225 g/mol. The predicted molar refractivity (Wildman–Crippen MR) is 56.0 cm³/mol. The van der Waals surface area contributed by atoms with Crippen LogP contribution in [0, 0.1) is 0 Å². The molecular weight excluding hydrogens is 210 g/mol. The smallest absolute Gasteiger partial charge is 0.411 e. The third kappa shape index (κ3) is 1.38. The molecule has 1 saturated carbocycles. The Morgan fingerprint density at radius 3 is 2.94 bits per heavy atom. The molecule has 2 unspecified atom stereocenters. The molecule has 0 aromatic rings. The molecule has 2 aliphatic heterocycles. The number of carboxylic acid groups (broad SMARTS) is 1. The van der Waals surface area contributed by atoms with Gasteiger partial charge in [0, 0.05) is 12.5 Å². The summed E-state index contributed by atoms with van der Waals surface area (Å²) in [5.41, 5.74) is -0.999. The van der Waals surface area contributed by atoms with E-state index in [0.717, 1.165) is 12.8 Å². The molecule has 2 saturated heterocycles. The Balaban J connectivity index is 2.11. The van der Waals surface area contributed by atoms with Gasteiger partial charge >= 0.3 is 12.1 Å². The number of carboxylic acids is 1. The van der Waals surface area contributed by atoms with E-state index in [-0.39, 0.29) is 12.6 Å². The quantitative estimate of drug-likeness (QED) is 0.737. The minimum atomic E-state index is -0.999. The first-order valence-corrected chi connectivity index (χ1v) is 5.42. The van der Waals surface area contributed by atoms with Crippen molar-refractivity contribution in [3.05, 3.63) is 12.7 Å². The lowest BCUT2D eigenvalue weighted by Crippen LogP contribution is -2.73. The summed E-state index contributed by atoms with van der Waals surface area (Å²) in [6, 6.07) is 0.0437. The standard InChI is InChI=1S/C11H15NO4/c1-2-6-16-10(15)12-8-4-3-5-11(12,7-8)9(13)14/h2,8H,1,3-7H2,(H,13,14). The van der Waals surface area contributed by atoms with Gasteiger partial charge in [0.05, 0.1) is 0 Å². The third-order valence-electron chi connectivity index (χ3n) is 3.45. The van der Waals surface area contributed by atoms with Gasteiger partial charge in [-0.3, -0.25) is 4.90 Å². The molecule has 1 amide bonds. The van der Waals surface area contributed by atoms with Gasteiger partial charge in [0.15, 0.2) is 0 Å². The van der Waals surface area contributed by atoms with Gasteiger partial charge in [0.2, 0.25) is 0 Å². The van der Waals surface area contributed by atoms with Gasteiger partial charge in [0.25, 0.3) is 0 Å². The van der Waals surface area contributed by atoms with Gasteiger partial charge in [-0.05, 0) is 19.3 Å². The summed E-state index contributed by atoms with van der Waals surface area (Å²) in [7, 11) is 0. The molecule has 1 aliphatic carbocycles. The number of ether oxygens (including phenoxy) is 1. The van der Waals surface area contributed by atoms with Crippen molar-refractivity contribution >= 4 is 12.1 Å². The van der Waals surface area contributed by atoms with Crippen LogP contribution in [0.15, 0.2) is 12.7 Å². The van der Waals surface area contributed by atoms with Crippen LogP contribution in [0.1, 0.15) is 25.7 Å². The lowest BCUT2D eigenvalue weighted by atomic mass is 9.68. The van der Waals surface area contributed by atoms with Crippen LogP contribution in [0.4, 0.5) is 4.79 Å². The van der Waals surface area contributed by atoms with Crippen molar-refractivity contribution in [2.75, 3.05) is 6.61 Å². The Morgan fingerprint density at radius 1 is 1.62 bits per heavy atom. The molecule has 16 heavy (non-hydrogen) atoms. The van der Waals surface area contributed by atoms with Gasteiger partial charge in [-0.2, -0.15) is 0 Å². The van der Waals surface area contributed by atoms with Crippen molar-refractivity contribution in [2.24, 2.45) is 0 Å². The maximum atomic E-state index is 11.7. The van der Waals surface area contributed by atoms with E-state index in [1.807, 2.05) is 0 Å². The van der Waals surface area contributed by atoms with Crippen molar-refractivity contribution in [3.8, 4) is 0 Å². The number of hydrogen-bond acceptors (Lipinski definition) is 3. The van der Waals surface area contributed by atoms with E-state index in [4.69, 9.17) is 4.74 Å². The van der Waals surface area contributed by atoms with Gasteiger partial charge in [0.1, 0.15) is 12.1 Å². The molecule has 88 valence electrons. The Hall–Kier alpha value is -1.52. The number of rotatable bonds is 3. The number of carbonyl (C=O) groups excluding carboxylic acids is 1. The van der Waals surface area contributed by atoms with Crippen molar-refractivity contribution in [2.45, 2.75) is 37.3 Å². The van der Waals surface area contributed by atoms with Crippen LogP contribution in [-0.4, -0.2) is 40.3 Å². The summed E-state index contributed by atoms with van der Waals surface area (Å²) < 4.78 is 4.91. The zero-order chi connectivity index (χ0) is 11.8. The normalized spacial score (nSPS) is 31.5. The molecular formula is C11H15NO4. The molecule has 3 aliphatic rings. The second-order valence-corrected chi connectivity index (χ2v) is 4.32. The van der Waals surface area contributed by atoms with Crippen molar-refractivity contribution in [3.63, 3.8) is 0 Å². The van der Waals surface area contributed by atoms with Crippen LogP contribution < -0.4 is 0 Å². The van der Waals surface area contributed by atoms with Gasteiger partial charge < -0.3 is 9.84 Å². The molecule has 0 aromatic heterocycles. The first kappa shape index (κ1) is 11.0. The fraction of sp³-hybridized carbons (Fsp3) is 0.636. The summed E-state index contributed by atoms with van der Waals surface area (Å²) in [5.74, 6) is -0.918. The molecule has 5 nitrogen and oxygen atoms in total. The summed E-state index contributed by atoms with van der Waals surface area (Å²) in [5, 5.41) is 9.21. The highest BCUT2D eigenvalue weighted by atomic mass is 16.6. The highest BCUT2D eigenvalue weighted by molar-refractivity contribution is 5.87. The number of amides is 1. The number of fused-ring (bicyclic) bond motifs is 2. The maximum absolute atomic E-state index is 11.7. The fourth-order valence-electron chi connectivity index (χ4n) is 2.72. The Morgan fingerprint density at radius 2 is 2.38 bits per heavy atom. The van der Waals surface area contributed by atoms with Crippen LogP contribution >= 0.6 is 0 Å². The van der Waals surface area contributed by atoms with E-state index in [2.05, 4.69) is 6.58 Å². The Labute approximate surface area is 93.7 Å². The minimum Gasteiger partial charge on any atom is -0.479 e. The van der Waals surface area contributed by atoms with Crippen LogP contribution in [0.25, 0.3) is 0 Å². The first-order valence-electron chi connectivity index (χ1n) is 5.42. The largest absolute Gasteiger partial charge is 0.479 e. The highest BCUT2D eigenvalue weighted by Gasteiger charge is 2.62. The van der Waals surface area contributed by atoms with Crippen molar-refractivity contribution < 1.29 is 19.4 Å². The SMILES string of the molecule is C=CCOC(=O)N1C2CCCC1(C(=O)O)C2. The van der Waals surface area contributed by atoms with E-state index < -0.39 is 17.6 Å². The van der Waals surface area contributed by atoms with Crippen LogP contribution in [0.5, 0.6) is 0 Å². The summed E-state index contributed by atoms with van der Waals surface area (Å²) in [4.78, 5) is 24.3. The van der Waals surface area contributed by atoms with E-state index in [1.165, 1.54) is 11.0 Å².